The minimum atomic E-state index is 0.0144. The maximum Gasteiger partial charge on any atom is 0.0165 e. The summed E-state index contributed by atoms with van der Waals surface area (Å²) in [6.07, 6.45) is 0. The van der Waals surface area contributed by atoms with Gasteiger partial charge >= 0.3 is 0 Å². The molecule has 0 heteroatoms. The molecule has 0 unspecified atom stereocenters. The molecule has 132 valence electrons. The number of hydrogen-bond acceptors (Lipinski definition) is 0. The van der Waals surface area contributed by atoms with Crippen molar-refractivity contribution in [3.63, 3.8) is 0 Å². The molecule has 0 nitrogen and oxygen atoms in total. The average molecular weight is 348 g/mol. The number of rotatable bonds is 1. The number of aryl methyl sites for hydroxylation is 2. The van der Waals surface area contributed by atoms with Gasteiger partial charge in [0, 0.05) is 5.41 Å². The summed E-state index contributed by atoms with van der Waals surface area (Å²) in [5.41, 5.74) is 11.1. The zero-order valence-corrected chi connectivity index (χ0v) is 16.4. The zero-order chi connectivity index (χ0) is 18.8. The monoisotopic (exact) mass is 348 g/mol. The maximum atomic E-state index is 2.37. The maximum absolute atomic E-state index is 2.37. The van der Waals surface area contributed by atoms with Crippen molar-refractivity contribution in [2.24, 2.45) is 0 Å². The molecule has 27 heavy (non-hydrogen) atoms. The van der Waals surface area contributed by atoms with E-state index in [0.29, 0.717) is 0 Å². The molecule has 5 rings (SSSR count). The van der Waals surface area contributed by atoms with Crippen molar-refractivity contribution in [2.75, 3.05) is 0 Å². The molecular formula is C27H24. The Kier molecular flexibility index (Phi) is 3.37. The van der Waals surface area contributed by atoms with Crippen LogP contribution in [-0.4, -0.2) is 0 Å². The standard InChI is InChI=1S/C27H24/c1-17-9-5-6-10-20(17)21-15-13-19-14-16-23-22-11-7-8-12-24(22)27(3,4)26(23)25(19)18(21)2/h5-16H,1-4H3. The third-order valence-electron chi connectivity index (χ3n) is 6.40. The zero-order valence-electron chi connectivity index (χ0n) is 16.4. The summed E-state index contributed by atoms with van der Waals surface area (Å²) in [4.78, 5) is 0. The molecule has 0 aromatic heterocycles. The van der Waals surface area contributed by atoms with Crippen molar-refractivity contribution in [2.45, 2.75) is 33.1 Å². The lowest BCUT2D eigenvalue weighted by atomic mass is 9.78. The van der Waals surface area contributed by atoms with E-state index < -0.39 is 0 Å². The molecule has 0 atom stereocenters. The Hall–Kier alpha value is -2.86. The highest BCUT2D eigenvalue weighted by molar-refractivity contribution is 6.01. The van der Waals surface area contributed by atoms with Gasteiger partial charge in [0.1, 0.15) is 0 Å². The van der Waals surface area contributed by atoms with Crippen LogP contribution in [0.3, 0.4) is 0 Å². The molecule has 1 aliphatic carbocycles. The van der Waals surface area contributed by atoms with E-state index in [1.807, 2.05) is 0 Å². The summed E-state index contributed by atoms with van der Waals surface area (Å²) in [7, 11) is 0. The van der Waals surface area contributed by atoms with Crippen molar-refractivity contribution in [3.8, 4) is 22.3 Å². The molecule has 4 aromatic carbocycles. The fourth-order valence-electron chi connectivity index (χ4n) is 5.03. The fourth-order valence-corrected chi connectivity index (χ4v) is 5.03. The SMILES string of the molecule is Cc1ccccc1-c1ccc2ccc3c(c2c1C)C(C)(C)c1ccccc1-3. The molecule has 0 saturated carbocycles. The summed E-state index contributed by atoms with van der Waals surface area (Å²) in [5.74, 6) is 0. The largest absolute Gasteiger partial charge is 0.0620 e. The van der Waals surface area contributed by atoms with Crippen LogP contribution in [0.4, 0.5) is 0 Å². The summed E-state index contributed by atoms with van der Waals surface area (Å²) in [6, 6.07) is 26.8. The van der Waals surface area contributed by atoms with Crippen LogP contribution in [0.5, 0.6) is 0 Å². The van der Waals surface area contributed by atoms with Gasteiger partial charge in [0.2, 0.25) is 0 Å². The second-order valence-corrected chi connectivity index (χ2v) is 8.31. The summed E-state index contributed by atoms with van der Waals surface area (Å²) in [6.45, 7) is 9.24. The summed E-state index contributed by atoms with van der Waals surface area (Å²) >= 11 is 0. The van der Waals surface area contributed by atoms with Crippen molar-refractivity contribution >= 4 is 10.8 Å². The van der Waals surface area contributed by atoms with E-state index in [0.717, 1.165) is 0 Å². The first-order valence-electron chi connectivity index (χ1n) is 9.73. The van der Waals surface area contributed by atoms with Crippen molar-refractivity contribution in [3.05, 3.63) is 95.1 Å². The minimum absolute atomic E-state index is 0.0144. The van der Waals surface area contributed by atoms with Crippen LogP contribution >= 0.6 is 0 Å². The molecule has 0 fully saturated rings. The third kappa shape index (κ3) is 2.16. The van der Waals surface area contributed by atoms with Gasteiger partial charge in [-0.1, -0.05) is 86.6 Å². The lowest BCUT2D eigenvalue weighted by Crippen LogP contribution is -2.15. The summed E-state index contributed by atoms with van der Waals surface area (Å²) in [5, 5.41) is 2.76. The van der Waals surface area contributed by atoms with Crippen LogP contribution in [0.1, 0.15) is 36.1 Å². The van der Waals surface area contributed by atoms with Crippen LogP contribution in [-0.2, 0) is 5.41 Å². The molecule has 0 radical (unpaired) electrons. The lowest BCUT2D eigenvalue weighted by Gasteiger charge is -2.25. The smallest absolute Gasteiger partial charge is 0.0165 e. The second-order valence-electron chi connectivity index (χ2n) is 8.31. The van der Waals surface area contributed by atoms with Gasteiger partial charge in [0.05, 0.1) is 0 Å². The van der Waals surface area contributed by atoms with Gasteiger partial charge in [0.15, 0.2) is 0 Å². The van der Waals surface area contributed by atoms with Crippen LogP contribution in [0.25, 0.3) is 33.0 Å². The Bertz CT molecular complexity index is 1210. The minimum Gasteiger partial charge on any atom is -0.0620 e. The van der Waals surface area contributed by atoms with Crippen LogP contribution in [0.15, 0.2) is 72.8 Å². The number of fused-ring (bicyclic) bond motifs is 5. The molecule has 0 amide bonds. The molecular weight excluding hydrogens is 324 g/mol. The highest BCUT2D eigenvalue weighted by Crippen LogP contribution is 2.52. The Morgan fingerprint density at radius 1 is 0.593 bits per heavy atom. The molecule has 0 heterocycles. The van der Waals surface area contributed by atoms with E-state index in [1.165, 1.54) is 55.3 Å². The van der Waals surface area contributed by atoms with Crippen LogP contribution < -0.4 is 0 Å². The molecule has 0 aliphatic heterocycles. The topological polar surface area (TPSA) is 0 Å². The van der Waals surface area contributed by atoms with Gasteiger partial charge < -0.3 is 0 Å². The highest BCUT2D eigenvalue weighted by Gasteiger charge is 2.37. The average Bonchev–Trinajstić information content (AvgIpc) is 2.91. The molecule has 0 spiro atoms. The van der Waals surface area contributed by atoms with Gasteiger partial charge in [-0.3, -0.25) is 0 Å². The quantitative estimate of drug-likeness (QED) is 0.335. The van der Waals surface area contributed by atoms with Crippen molar-refractivity contribution in [1.82, 2.24) is 0 Å². The van der Waals surface area contributed by atoms with E-state index in [1.54, 1.807) is 0 Å². The van der Waals surface area contributed by atoms with Gasteiger partial charge in [-0.2, -0.15) is 0 Å². The van der Waals surface area contributed by atoms with Gasteiger partial charge in [-0.15, -0.1) is 0 Å². The first-order chi connectivity index (χ1) is 13.0. The highest BCUT2D eigenvalue weighted by atomic mass is 14.4. The van der Waals surface area contributed by atoms with Crippen molar-refractivity contribution in [1.29, 1.82) is 0 Å². The molecule has 1 aliphatic rings. The normalized spacial score (nSPS) is 14.2. The first kappa shape index (κ1) is 16.3. The number of hydrogen-bond donors (Lipinski definition) is 0. The second kappa shape index (κ2) is 5.57. The Morgan fingerprint density at radius 3 is 1.96 bits per heavy atom. The third-order valence-corrected chi connectivity index (χ3v) is 6.40. The molecule has 0 saturated heterocycles. The first-order valence-corrected chi connectivity index (χ1v) is 9.73. The van der Waals surface area contributed by atoms with Gasteiger partial charge in [0.25, 0.3) is 0 Å². The molecule has 0 bridgehead atoms. The van der Waals surface area contributed by atoms with E-state index in [-0.39, 0.29) is 5.41 Å². The van der Waals surface area contributed by atoms with Crippen molar-refractivity contribution < 1.29 is 0 Å². The predicted octanol–water partition coefficient (Wildman–Crippen LogP) is 7.43. The lowest BCUT2D eigenvalue weighted by molar-refractivity contribution is 0.666. The van der Waals surface area contributed by atoms with Gasteiger partial charge in [-0.25, -0.2) is 0 Å². The molecule has 4 aromatic rings. The Labute approximate surface area is 161 Å². The predicted molar refractivity (Wildman–Crippen MR) is 116 cm³/mol. The van der Waals surface area contributed by atoms with E-state index in [4.69, 9.17) is 0 Å². The van der Waals surface area contributed by atoms with Crippen LogP contribution in [0.2, 0.25) is 0 Å². The molecule has 0 N–H and O–H groups in total. The Morgan fingerprint density at radius 2 is 1.22 bits per heavy atom. The summed E-state index contributed by atoms with van der Waals surface area (Å²) < 4.78 is 0. The van der Waals surface area contributed by atoms with E-state index in [2.05, 4.69) is 100 Å². The van der Waals surface area contributed by atoms with E-state index >= 15 is 0 Å². The van der Waals surface area contributed by atoms with Crippen LogP contribution in [0, 0.1) is 13.8 Å². The van der Waals surface area contributed by atoms with E-state index in [9.17, 15) is 0 Å². The number of benzene rings is 4. The Balaban J connectivity index is 1.89. The van der Waals surface area contributed by atoms with Gasteiger partial charge in [-0.05, 0) is 69.1 Å². The fraction of sp³-hybridized carbons (Fsp3) is 0.185.